The maximum absolute atomic E-state index is 12.0. The fourth-order valence-corrected chi connectivity index (χ4v) is 1.95. The first-order chi connectivity index (χ1) is 10.4. The SMILES string of the molecule is CN(Cc1ccco1)C(=O)C=Cc1cn(C)c(=O)n(C)c1=O. The van der Waals surface area contributed by atoms with E-state index in [0.717, 1.165) is 4.57 Å². The van der Waals surface area contributed by atoms with Gasteiger partial charge in [0.05, 0.1) is 18.4 Å². The van der Waals surface area contributed by atoms with E-state index in [2.05, 4.69) is 0 Å². The molecule has 22 heavy (non-hydrogen) atoms. The number of hydrogen-bond acceptors (Lipinski definition) is 4. The Bertz CT molecular complexity index is 812. The van der Waals surface area contributed by atoms with E-state index in [4.69, 9.17) is 4.42 Å². The lowest BCUT2D eigenvalue weighted by Crippen LogP contribution is -2.37. The van der Waals surface area contributed by atoms with E-state index in [1.54, 1.807) is 26.2 Å². The van der Waals surface area contributed by atoms with Crippen LogP contribution in [-0.4, -0.2) is 27.0 Å². The molecule has 0 aliphatic carbocycles. The van der Waals surface area contributed by atoms with Gasteiger partial charge in [0.2, 0.25) is 5.91 Å². The summed E-state index contributed by atoms with van der Waals surface area (Å²) in [5, 5.41) is 0. The molecule has 0 spiro atoms. The third-order valence-electron chi connectivity index (χ3n) is 3.23. The number of furan rings is 1. The van der Waals surface area contributed by atoms with Crippen molar-refractivity contribution in [3.05, 3.63) is 62.8 Å². The second-order valence-corrected chi connectivity index (χ2v) is 4.95. The van der Waals surface area contributed by atoms with E-state index < -0.39 is 11.2 Å². The molecule has 0 aromatic carbocycles. The molecule has 2 aromatic rings. The zero-order chi connectivity index (χ0) is 16.3. The minimum Gasteiger partial charge on any atom is -0.467 e. The van der Waals surface area contributed by atoms with Crippen LogP contribution in [0.15, 0.2) is 44.7 Å². The largest absolute Gasteiger partial charge is 0.467 e. The number of nitrogens with zero attached hydrogens (tertiary/aromatic N) is 3. The van der Waals surface area contributed by atoms with Gasteiger partial charge in [-0.3, -0.25) is 14.2 Å². The molecule has 7 heteroatoms. The summed E-state index contributed by atoms with van der Waals surface area (Å²) in [6.07, 6.45) is 5.64. The van der Waals surface area contributed by atoms with E-state index in [1.165, 1.54) is 41.1 Å². The monoisotopic (exact) mass is 303 g/mol. The van der Waals surface area contributed by atoms with Crippen LogP contribution in [0.2, 0.25) is 0 Å². The number of amides is 1. The van der Waals surface area contributed by atoms with Gasteiger partial charge in [0, 0.05) is 33.4 Å². The van der Waals surface area contributed by atoms with Gasteiger partial charge in [0.25, 0.3) is 5.56 Å². The van der Waals surface area contributed by atoms with Crippen LogP contribution in [0.5, 0.6) is 0 Å². The van der Waals surface area contributed by atoms with Crippen molar-refractivity contribution in [1.29, 1.82) is 0 Å². The van der Waals surface area contributed by atoms with Crippen LogP contribution in [0.3, 0.4) is 0 Å². The molecule has 0 unspecified atom stereocenters. The number of aromatic nitrogens is 2. The average Bonchev–Trinajstić information content (AvgIpc) is 3.00. The van der Waals surface area contributed by atoms with Crippen LogP contribution >= 0.6 is 0 Å². The normalized spacial score (nSPS) is 11.0. The Morgan fingerprint density at radius 3 is 2.73 bits per heavy atom. The van der Waals surface area contributed by atoms with Gasteiger partial charge < -0.3 is 13.9 Å². The predicted octanol–water partition coefficient (Wildman–Crippen LogP) is 0.349. The number of rotatable bonds is 4. The zero-order valence-corrected chi connectivity index (χ0v) is 12.6. The second kappa shape index (κ2) is 6.30. The summed E-state index contributed by atoms with van der Waals surface area (Å²) in [6, 6.07) is 3.52. The molecule has 0 saturated carbocycles. The van der Waals surface area contributed by atoms with Crippen molar-refractivity contribution >= 4 is 12.0 Å². The average molecular weight is 303 g/mol. The number of hydrogen-bond donors (Lipinski definition) is 0. The lowest BCUT2D eigenvalue weighted by Gasteiger charge is -2.12. The van der Waals surface area contributed by atoms with Crippen molar-refractivity contribution in [3.63, 3.8) is 0 Å². The topological polar surface area (TPSA) is 77.5 Å². The van der Waals surface area contributed by atoms with E-state index in [9.17, 15) is 14.4 Å². The Morgan fingerprint density at radius 1 is 1.36 bits per heavy atom. The van der Waals surface area contributed by atoms with Crippen LogP contribution in [0.25, 0.3) is 6.08 Å². The van der Waals surface area contributed by atoms with E-state index >= 15 is 0 Å². The van der Waals surface area contributed by atoms with E-state index in [1.807, 2.05) is 0 Å². The molecule has 0 aliphatic rings. The Labute approximate surface area is 126 Å². The van der Waals surface area contributed by atoms with Gasteiger partial charge in [-0.2, -0.15) is 0 Å². The lowest BCUT2D eigenvalue weighted by atomic mass is 10.3. The highest BCUT2D eigenvalue weighted by atomic mass is 16.3. The molecule has 0 bridgehead atoms. The van der Waals surface area contributed by atoms with Crippen molar-refractivity contribution < 1.29 is 9.21 Å². The first-order valence-electron chi connectivity index (χ1n) is 6.62. The molecular weight excluding hydrogens is 286 g/mol. The number of likely N-dealkylation sites (N-methyl/N-ethyl adjacent to an activating group) is 1. The van der Waals surface area contributed by atoms with Crippen LogP contribution in [0.4, 0.5) is 0 Å². The smallest absolute Gasteiger partial charge is 0.330 e. The summed E-state index contributed by atoms with van der Waals surface area (Å²) < 4.78 is 7.46. The summed E-state index contributed by atoms with van der Waals surface area (Å²) in [5.41, 5.74) is -0.589. The zero-order valence-electron chi connectivity index (χ0n) is 12.6. The minimum absolute atomic E-state index is 0.268. The van der Waals surface area contributed by atoms with Crippen molar-refractivity contribution in [1.82, 2.24) is 14.0 Å². The van der Waals surface area contributed by atoms with Crippen molar-refractivity contribution in [2.75, 3.05) is 7.05 Å². The summed E-state index contributed by atoms with van der Waals surface area (Å²) in [5.74, 6) is 0.398. The predicted molar refractivity (Wildman–Crippen MR) is 81.1 cm³/mol. The molecule has 0 saturated heterocycles. The quantitative estimate of drug-likeness (QED) is 0.764. The third kappa shape index (κ3) is 3.25. The van der Waals surface area contributed by atoms with E-state index in [0.29, 0.717) is 12.3 Å². The Morgan fingerprint density at radius 2 is 2.09 bits per heavy atom. The van der Waals surface area contributed by atoms with Gasteiger partial charge in [-0.1, -0.05) is 0 Å². The van der Waals surface area contributed by atoms with Crippen LogP contribution in [0.1, 0.15) is 11.3 Å². The Hall–Kier alpha value is -2.83. The van der Waals surface area contributed by atoms with Gasteiger partial charge >= 0.3 is 5.69 Å². The molecule has 0 aliphatic heterocycles. The highest BCUT2D eigenvalue weighted by Gasteiger charge is 2.09. The summed E-state index contributed by atoms with van der Waals surface area (Å²) >= 11 is 0. The Balaban J connectivity index is 2.16. The van der Waals surface area contributed by atoms with Gasteiger partial charge in [0.15, 0.2) is 0 Å². The van der Waals surface area contributed by atoms with Gasteiger partial charge in [-0.15, -0.1) is 0 Å². The molecule has 2 rings (SSSR count). The maximum Gasteiger partial charge on any atom is 0.330 e. The first-order valence-corrected chi connectivity index (χ1v) is 6.62. The highest BCUT2D eigenvalue weighted by Crippen LogP contribution is 2.04. The Kier molecular flexibility index (Phi) is 4.45. The first kappa shape index (κ1) is 15.6. The van der Waals surface area contributed by atoms with Crippen LogP contribution in [-0.2, 0) is 25.4 Å². The molecule has 0 fully saturated rings. The molecule has 0 N–H and O–H groups in total. The lowest BCUT2D eigenvalue weighted by molar-refractivity contribution is -0.125. The standard InChI is InChI=1S/C15H17N3O4/c1-16(10-12-5-4-8-22-12)13(19)7-6-11-9-17(2)15(21)18(3)14(11)20/h4-9H,10H2,1-3H3. The number of carbonyl (C=O) groups excluding carboxylic acids is 1. The highest BCUT2D eigenvalue weighted by molar-refractivity contribution is 5.91. The molecule has 0 radical (unpaired) electrons. The van der Waals surface area contributed by atoms with Crippen LogP contribution < -0.4 is 11.2 Å². The van der Waals surface area contributed by atoms with Gasteiger partial charge in [-0.05, 0) is 18.2 Å². The molecule has 116 valence electrons. The summed E-state index contributed by atoms with van der Waals surface area (Å²) in [7, 11) is 4.57. The third-order valence-corrected chi connectivity index (χ3v) is 3.23. The number of aryl methyl sites for hydroxylation is 1. The van der Waals surface area contributed by atoms with Crippen molar-refractivity contribution in [2.45, 2.75) is 6.54 Å². The minimum atomic E-state index is -0.444. The maximum atomic E-state index is 12.0. The molecule has 0 atom stereocenters. The summed E-state index contributed by atoms with van der Waals surface area (Å²) in [6.45, 7) is 0.335. The van der Waals surface area contributed by atoms with Crippen molar-refractivity contribution in [2.24, 2.45) is 14.1 Å². The fraction of sp³-hybridized carbons (Fsp3) is 0.267. The van der Waals surface area contributed by atoms with Crippen molar-refractivity contribution in [3.8, 4) is 0 Å². The molecular formula is C15H17N3O4. The molecule has 2 heterocycles. The molecule has 1 amide bonds. The number of carbonyl (C=O) groups is 1. The second-order valence-electron chi connectivity index (χ2n) is 4.95. The fourth-order valence-electron chi connectivity index (χ4n) is 1.95. The molecule has 7 nitrogen and oxygen atoms in total. The van der Waals surface area contributed by atoms with Crippen LogP contribution in [0, 0.1) is 0 Å². The summed E-state index contributed by atoms with van der Waals surface area (Å²) in [4.78, 5) is 37.0. The van der Waals surface area contributed by atoms with Gasteiger partial charge in [0.1, 0.15) is 5.76 Å². The van der Waals surface area contributed by atoms with E-state index in [-0.39, 0.29) is 11.5 Å². The van der Waals surface area contributed by atoms with Gasteiger partial charge in [-0.25, -0.2) is 4.79 Å². The molecule has 2 aromatic heterocycles.